The normalized spacial score (nSPS) is 15.0. The molecule has 0 saturated heterocycles. The van der Waals surface area contributed by atoms with Gasteiger partial charge in [0.1, 0.15) is 11.5 Å². The van der Waals surface area contributed by atoms with E-state index in [0.717, 1.165) is 29.9 Å². The average molecular weight is 299 g/mol. The molecule has 0 unspecified atom stereocenters. The number of rotatable bonds is 4. The molecule has 1 saturated carbocycles. The molecular weight excluding hydrogens is 278 g/mol. The molecule has 1 aromatic carbocycles. The van der Waals surface area contributed by atoms with Crippen LogP contribution in [0.1, 0.15) is 37.3 Å². The number of carbonyl (C=O) groups is 1. The van der Waals surface area contributed by atoms with Crippen LogP contribution in [0, 0.1) is 6.92 Å². The largest absolute Gasteiger partial charge is 0.443 e. The van der Waals surface area contributed by atoms with Crippen LogP contribution in [-0.2, 0) is 6.54 Å². The van der Waals surface area contributed by atoms with Crippen molar-refractivity contribution in [3.63, 3.8) is 0 Å². The van der Waals surface area contributed by atoms with Gasteiger partial charge in [0.25, 0.3) is 0 Å². The van der Waals surface area contributed by atoms with Crippen LogP contribution < -0.4 is 10.6 Å². The summed E-state index contributed by atoms with van der Waals surface area (Å²) in [4.78, 5) is 16.3. The third-order valence-corrected chi connectivity index (χ3v) is 3.98. The van der Waals surface area contributed by atoms with Crippen molar-refractivity contribution in [2.45, 2.75) is 45.2 Å². The minimum atomic E-state index is -0.149. The van der Waals surface area contributed by atoms with Gasteiger partial charge in [-0.15, -0.1) is 0 Å². The Labute approximate surface area is 130 Å². The number of oxazole rings is 1. The fourth-order valence-corrected chi connectivity index (χ4v) is 2.85. The van der Waals surface area contributed by atoms with Crippen LogP contribution >= 0.6 is 0 Å². The standard InChI is InChI=1S/C17H21N3O2/c1-12-16(13-7-3-2-4-8-13)20-15(22-12)11-18-17(21)19-14-9-5-6-10-14/h2-4,7-8,14H,5-6,9-11H2,1H3,(H2,18,19,21). The highest BCUT2D eigenvalue weighted by atomic mass is 16.4. The molecule has 1 fully saturated rings. The Bertz CT molecular complexity index is 631. The first-order chi connectivity index (χ1) is 10.7. The Morgan fingerprint density at radius 1 is 1.27 bits per heavy atom. The van der Waals surface area contributed by atoms with Crippen LogP contribution in [0.2, 0.25) is 0 Å². The fraction of sp³-hybridized carbons (Fsp3) is 0.412. The van der Waals surface area contributed by atoms with Crippen LogP contribution in [0.4, 0.5) is 4.79 Å². The van der Waals surface area contributed by atoms with Crippen molar-refractivity contribution in [2.24, 2.45) is 0 Å². The number of amides is 2. The average Bonchev–Trinajstić information content (AvgIpc) is 3.16. The molecule has 0 bridgehead atoms. The smallest absolute Gasteiger partial charge is 0.315 e. The third-order valence-electron chi connectivity index (χ3n) is 3.98. The molecule has 5 nitrogen and oxygen atoms in total. The Hall–Kier alpha value is -2.30. The lowest BCUT2D eigenvalue weighted by atomic mass is 10.1. The van der Waals surface area contributed by atoms with Gasteiger partial charge < -0.3 is 15.1 Å². The fourth-order valence-electron chi connectivity index (χ4n) is 2.85. The molecule has 3 rings (SSSR count). The van der Waals surface area contributed by atoms with Gasteiger partial charge in [-0.05, 0) is 19.8 Å². The topological polar surface area (TPSA) is 67.2 Å². The van der Waals surface area contributed by atoms with Gasteiger partial charge >= 0.3 is 6.03 Å². The molecular formula is C17H21N3O2. The van der Waals surface area contributed by atoms with Crippen molar-refractivity contribution in [1.29, 1.82) is 0 Å². The van der Waals surface area contributed by atoms with E-state index in [1.165, 1.54) is 12.8 Å². The van der Waals surface area contributed by atoms with E-state index in [2.05, 4.69) is 15.6 Å². The molecule has 2 amide bonds. The molecule has 116 valence electrons. The van der Waals surface area contributed by atoms with Crippen LogP contribution in [0.25, 0.3) is 11.3 Å². The summed E-state index contributed by atoms with van der Waals surface area (Å²) >= 11 is 0. The number of hydrogen-bond acceptors (Lipinski definition) is 3. The molecule has 0 radical (unpaired) electrons. The van der Waals surface area contributed by atoms with E-state index in [4.69, 9.17) is 4.42 Å². The highest BCUT2D eigenvalue weighted by molar-refractivity contribution is 5.74. The number of benzene rings is 1. The zero-order valence-corrected chi connectivity index (χ0v) is 12.8. The summed E-state index contributed by atoms with van der Waals surface area (Å²) in [5, 5.41) is 5.79. The predicted molar refractivity (Wildman–Crippen MR) is 84.3 cm³/mol. The molecule has 0 spiro atoms. The summed E-state index contributed by atoms with van der Waals surface area (Å²) in [6, 6.07) is 10.1. The van der Waals surface area contributed by atoms with E-state index in [1.54, 1.807) is 0 Å². The summed E-state index contributed by atoms with van der Waals surface area (Å²) in [6.07, 6.45) is 4.54. The molecule has 1 aromatic heterocycles. The number of nitrogens with one attached hydrogen (secondary N) is 2. The number of aromatic nitrogens is 1. The van der Waals surface area contributed by atoms with E-state index in [0.29, 0.717) is 18.5 Å². The quantitative estimate of drug-likeness (QED) is 0.909. The van der Waals surface area contributed by atoms with Crippen molar-refractivity contribution in [2.75, 3.05) is 0 Å². The van der Waals surface area contributed by atoms with Gasteiger partial charge in [0.15, 0.2) is 0 Å². The molecule has 1 heterocycles. The lowest BCUT2D eigenvalue weighted by molar-refractivity contribution is 0.235. The monoisotopic (exact) mass is 299 g/mol. The van der Waals surface area contributed by atoms with Crippen LogP contribution in [0.3, 0.4) is 0 Å². The second-order valence-electron chi connectivity index (χ2n) is 5.69. The maximum absolute atomic E-state index is 11.8. The Kier molecular flexibility index (Phi) is 4.42. The Morgan fingerprint density at radius 3 is 2.73 bits per heavy atom. The maximum atomic E-state index is 11.8. The van der Waals surface area contributed by atoms with Gasteiger partial charge in [-0.1, -0.05) is 43.2 Å². The van der Waals surface area contributed by atoms with E-state index < -0.39 is 0 Å². The summed E-state index contributed by atoms with van der Waals surface area (Å²) in [5.41, 5.74) is 1.85. The zero-order valence-electron chi connectivity index (χ0n) is 12.8. The van der Waals surface area contributed by atoms with Crippen molar-refractivity contribution < 1.29 is 9.21 Å². The number of carbonyl (C=O) groups excluding carboxylic acids is 1. The first kappa shape index (κ1) is 14.6. The van der Waals surface area contributed by atoms with E-state index >= 15 is 0 Å². The SMILES string of the molecule is Cc1oc(CNC(=O)NC2CCCC2)nc1-c1ccccc1. The van der Waals surface area contributed by atoms with E-state index in [-0.39, 0.29) is 6.03 Å². The maximum Gasteiger partial charge on any atom is 0.315 e. The second kappa shape index (κ2) is 6.64. The highest BCUT2D eigenvalue weighted by Gasteiger charge is 2.17. The molecule has 0 aliphatic heterocycles. The lowest BCUT2D eigenvalue weighted by Crippen LogP contribution is -2.40. The molecule has 5 heteroatoms. The van der Waals surface area contributed by atoms with Crippen molar-refractivity contribution in [1.82, 2.24) is 15.6 Å². The first-order valence-corrected chi connectivity index (χ1v) is 7.78. The van der Waals surface area contributed by atoms with E-state index in [9.17, 15) is 4.79 Å². The summed E-state index contributed by atoms with van der Waals surface area (Å²) < 4.78 is 5.64. The number of aryl methyl sites for hydroxylation is 1. The van der Waals surface area contributed by atoms with Crippen molar-refractivity contribution in [3.05, 3.63) is 42.0 Å². The Morgan fingerprint density at radius 2 is 2.00 bits per heavy atom. The minimum absolute atomic E-state index is 0.149. The molecule has 0 atom stereocenters. The second-order valence-corrected chi connectivity index (χ2v) is 5.69. The van der Waals surface area contributed by atoms with Gasteiger partial charge in [0.2, 0.25) is 5.89 Å². The lowest BCUT2D eigenvalue weighted by Gasteiger charge is -2.11. The number of nitrogens with zero attached hydrogens (tertiary/aromatic N) is 1. The van der Waals surface area contributed by atoms with Gasteiger partial charge in [0, 0.05) is 11.6 Å². The first-order valence-electron chi connectivity index (χ1n) is 7.78. The Balaban J connectivity index is 1.58. The molecule has 2 aromatic rings. The van der Waals surface area contributed by atoms with E-state index in [1.807, 2.05) is 37.3 Å². The van der Waals surface area contributed by atoms with Gasteiger partial charge in [0.05, 0.1) is 6.54 Å². The predicted octanol–water partition coefficient (Wildman–Crippen LogP) is 3.39. The van der Waals surface area contributed by atoms with Gasteiger partial charge in [-0.25, -0.2) is 9.78 Å². The van der Waals surface area contributed by atoms with Gasteiger partial charge in [-0.2, -0.15) is 0 Å². The van der Waals surface area contributed by atoms with Crippen LogP contribution in [-0.4, -0.2) is 17.1 Å². The summed E-state index contributed by atoms with van der Waals surface area (Å²) in [5.74, 6) is 1.29. The van der Waals surface area contributed by atoms with Crippen molar-refractivity contribution >= 4 is 6.03 Å². The van der Waals surface area contributed by atoms with Gasteiger partial charge in [-0.3, -0.25) is 0 Å². The van der Waals surface area contributed by atoms with Crippen LogP contribution in [0.15, 0.2) is 34.7 Å². The number of hydrogen-bond donors (Lipinski definition) is 2. The van der Waals surface area contributed by atoms with Crippen LogP contribution in [0.5, 0.6) is 0 Å². The minimum Gasteiger partial charge on any atom is -0.443 e. The zero-order chi connectivity index (χ0) is 15.4. The molecule has 1 aliphatic carbocycles. The molecule has 22 heavy (non-hydrogen) atoms. The molecule has 1 aliphatic rings. The summed E-state index contributed by atoms with van der Waals surface area (Å²) in [6.45, 7) is 2.18. The third kappa shape index (κ3) is 3.47. The molecule has 2 N–H and O–H groups in total. The number of urea groups is 1. The summed E-state index contributed by atoms with van der Waals surface area (Å²) in [7, 11) is 0. The van der Waals surface area contributed by atoms with Crippen molar-refractivity contribution in [3.8, 4) is 11.3 Å². The highest BCUT2D eigenvalue weighted by Crippen LogP contribution is 2.23.